The number of rotatable bonds is 7. The molecule has 6 nitrogen and oxygen atoms in total. The van der Waals surface area contributed by atoms with Gasteiger partial charge in [0.15, 0.2) is 0 Å². The van der Waals surface area contributed by atoms with Crippen molar-refractivity contribution in [2.75, 3.05) is 6.54 Å². The molecule has 2 aromatic rings. The molecule has 136 valence electrons. The molecule has 0 aliphatic carbocycles. The van der Waals surface area contributed by atoms with Gasteiger partial charge in [-0.25, -0.2) is 0 Å². The number of nitrogens with two attached hydrogens (primary N) is 1. The predicted molar refractivity (Wildman–Crippen MR) is 98.4 cm³/mol. The van der Waals surface area contributed by atoms with E-state index in [4.69, 9.17) is 5.73 Å². The first kappa shape index (κ1) is 18.1. The molecule has 4 N–H and O–H groups in total. The molecule has 1 unspecified atom stereocenters. The summed E-state index contributed by atoms with van der Waals surface area (Å²) in [6, 6.07) is 15.8. The summed E-state index contributed by atoms with van der Waals surface area (Å²) in [5, 5.41) is 11.4. The number of hydrogen-bond donors (Lipinski definition) is 3. The molecule has 2 atom stereocenters. The Kier molecular flexibility index (Phi) is 5.65. The van der Waals surface area contributed by atoms with Gasteiger partial charge < -0.3 is 10.8 Å². The zero-order valence-electron chi connectivity index (χ0n) is 14.5. The maximum atomic E-state index is 12.6. The van der Waals surface area contributed by atoms with Gasteiger partial charge in [0.05, 0.1) is 6.04 Å². The maximum Gasteiger partial charge on any atom is 0.322 e. The Morgan fingerprint density at radius 2 is 1.81 bits per heavy atom. The van der Waals surface area contributed by atoms with E-state index in [9.17, 15) is 14.7 Å². The van der Waals surface area contributed by atoms with Gasteiger partial charge in [-0.2, -0.15) is 5.01 Å². The third kappa shape index (κ3) is 3.61. The SMILES string of the molecule is NCCCC[C@@H](C(=O)O)N1NC(=O)c2ccccc2C1c1ccccc1. The molecule has 2 aromatic carbocycles. The number of nitrogens with one attached hydrogen (secondary N) is 1. The van der Waals surface area contributed by atoms with Crippen LogP contribution in [0, 0.1) is 0 Å². The van der Waals surface area contributed by atoms with Crippen molar-refractivity contribution in [2.24, 2.45) is 5.73 Å². The number of carbonyl (C=O) groups excluding carboxylic acids is 1. The average Bonchev–Trinajstić information content (AvgIpc) is 2.66. The fraction of sp³-hybridized carbons (Fsp3) is 0.300. The molecule has 1 heterocycles. The van der Waals surface area contributed by atoms with Gasteiger partial charge in [-0.15, -0.1) is 0 Å². The zero-order valence-corrected chi connectivity index (χ0v) is 14.5. The van der Waals surface area contributed by atoms with Gasteiger partial charge in [0.25, 0.3) is 5.91 Å². The standard InChI is InChI=1S/C20H23N3O3/c21-13-7-6-12-17(20(25)26)23-18(14-8-2-1-3-9-14)15-10-4-5-11-16(15)19(24)22-23/h1-5,8-11,17-18H,6-7,12-13,21H2,(H,22,24)(H,25,26)/t17-,18?/m0/s1. The highest BCUT2D eigenvalue weighted by atomic mass is 16.4. The number of unbranched alkanes of at least 4 members (excludes halogenated alkanes) is 1. The quantitative estimate of drug-likeness (QED) is 0.664. The van der Waals surface area contributed by atoms with E-state index in [1.807, 2.05) is 48.5 Å². The van der Waals surface area contributed by atoms with Crippen LogP contribution in [0.15, 0.2) is 54.6 Å². The van der Waals surface area contributed by atoms with Crippen molar-refractivity contribution in [1.82, 2.24) is 10.4 Å². The topological polar surface area (TPSA) is 95.7 Å². The van der Waals surface area contributed by atoms with Crippen molar-refractivity contribution in [1.29, 1.82) is 0 Å². The number of nitrogens with zero attached hydrogens (tertiary/aromatic N) is 1. The molecule has 0 fully saturated rings. The van der Waals surface area contributed by atoms with Gasteiger partial charge in [-0.3, -0.25) is 15.0 Å². The van der Waals surface area contributed by atoms with E-state index in [1.165, 1.54) is 0 Å². The van der Waals surface area contributed by atoms with Crippen LogP contribution in [0.25, 0.3) is 0 Å². The molecule has 0 aromatic heterocycles. The van der Waals surface area contributed by atoms with Crippen molar-refractivity contribution >= 4 is 11.9 Å². The minimum absolute atomic E-state index is 0.280. The van der Waals surface area contributed by atoms with Crippen LogP contribution < -0.4 is 11.2 Å². The summed E-state index contributed by atoms with van der Waals surface area (Å²) in [5.74, 6) is -1.24. The highest BCUT2D eigenvalue weighted by Gasteiger charge is 2.39. The van der Waals surface area contributed by atoms with E-state index >= 15 is 0 Å². The molecule has 26 heavy (non-hydrogen) atoms. The number of carboxylic acid groups (broad SMARTS) is 1. The number of aliphatic carboxylic acids is 1. The second-order valence-corrected chi connectivity index (χ2v) is 6.39. The number of hydrazine groups is 1. The lowest BCUT2D eigenvalue weighted by Gasteiger charge is -2.40. The van der Waals surface area contributed by atoms with Gasteiger partial charge in [0, 0.05) is 5.56 Å². The minimum Gasteiger partial charge on any atom is -0.480 e. The summed E-state index contributed by atoms with van der Waals surface area (Å²) in [6.07, 6.45) is 1.85. The lowest BCUT2D eigenvalue weighted by Crippen LogP contribution is -2.56. The highest BCUT2D eigenvalue weighted by Crippen LogP contribution is 2.35. The van der Waals surface area contributed by atoms with Crippen LogP contribution >= 0.6 is 0 Å². The Balaban J connectivity index is 2.04. The van der Waals surface area contributed by atoms with Crippen LogP contribution in [-0.4, -0.2) is 34.6 Å². The summed E-state index contributed by atoms with van der Waals surface area (Å²) in [4.78, 5) is 24.5. The number of carboxylic acids is 1. The lowest BCUT2D eigenvalue weighted by molar-refractivity contribution is -0.145. The molecule has 6 heteroatoms. The van der Waals surface area contributed by atoms with Gasteiger partial charge in [-0.05, 0) is 43.0 Å². The number of fused-ring (bicyclic) bond motifs is 1. The van der Waals surface area contributed by atoms with E-state index in [2.05, 4.69) is 5.43 Å². The van der Waals surface area contributed by atoms with E-state index in [1.54, 1.807) is 11.1 Å². The Bertz CT molecular complexity index is 779. The Morgan fingerprint density at radius 3 is 2.50 bits per heavy atom. The smallest absolute Gasteiger partial charge is 0.322 e. The predicted octanol–water partition coefficient (Wildman–Crippen LogP) is 2.32. The molecular formula is C20H23N3O3. The molecule has 0 saturated heterocycles. The molecule has 0 spiro atoms. The fourth-order valence-corrected chi connectivity index (χ4v) is 3.43. The molecular weight excluding hydrogens is 330 g/mol. The third-order valence-electron chi connectivity index (χ3n) is 4.68. The van der Waals surface area contributed by atoms with Gasteiger partial charge in [0.2, 0.25) is 0 Å². The van der Waals surface area contributed by atoms with Crippen LogP contribution in [0.1, 0.15) is 46.8 Å². The molecule has 3 rings (SSSR count). The van der Waals surface area contributed by atoms with Crippen molar-refractivity contribution in [2.45, 2.75) is 31.3 Å². The number of hydrogen-bond acceptors (Lipinski definition) is 4. The summed E-state index contributed by atoms with van der Waals surface area (Å²) >= 11 is 0. The van der Waals surface area contributed by atoms with Gasteiger partial charge in [-0.1, -0.05) is 48.5 Å². The molecule has 1 aliphatic heterocycles. The monoisotopic (exact) mass is 353 g/mol. The molecule has 0 bridgehead atoms. The van der Waals surface area contributed by atoms with E-state index in [0.29, 0.717) is 24.9 Å². The van der Waals surface area contributed by atoms with Crippen molar-refractivity contribution in [3.05, 3.63) is 71.3 Å². The van der Waals surface area contributed by atoms with Crippen LogP contribution in [-0.2, 0) is 4.79 Å². The summed E-state index contributed by atoms with van der Waals surface area (Å²) in [5.41, 5.74) is 10.7. The van der Waals surface area contributed by atoms with Crippen LogP contribution in [0.5, 0.6) is 0 Å². The maximum absolute atomic E-state index is 12.6. The average molecular weight is 353 g/mol. The largest absolute Gasteiger partial charge is 0.480 e. The van der Waals surface area contributed by atoms with Crippen molar-refractivity contribution < 1.29 is 14.7 Å². The third-order valence-corrected chi connectivity index (χ3v) is 4.68. The molecule has 0 saturated carbocycles. The Morgan fingerprint density at radius 1 is 1.12 bits per heavy atom. The Labute approximate surface area is 152 Å². The van der Waals surface area contributed by atoms with Crippen molar-refractivity contribution in [3.8, 4) is 0 Å². The van der Waals surface area contributed by atoms with Crippen molar-refractivity contribution in [3.63, 3.8) is 0 Å². The summed E-state index contributed by atoms with van der Waals surface area (Å²) in [7, 11) is 0. The zero-order chi connectivity index (χ0) is 18.5. The van der Waals surface area contributed by atoms with Crippen LogP contribution in [0.4, 0.5) is 0 Å². The Hall–Kier alpha value is -2.70. The highest BCUT2D eigenvalue weighted by molar-refractivity contribution is 5.97. The van der Waals surface area contributed by atoms with Gasteiger partial charge in [0.1, 0.15) is 6.04 Å². The normalized spacial score (nSPS) is 18.0. The first-order valence-corrected chi connectivity index (χ1v) is 8.79. The first-order valence-electron chi connectivity index (χ1n) is 8.79. The number of amides is 1. The van der Waals surface area contributed by atoms with E-state index in [0.717, 1.165) is 17.5 Å². The molecule has 0 radical (unpaired) electrons. The van der Waals surface area contributed by atoms with Crippen LogP contribution in [0.2, 0.25) is 0 Å². The fourth-order valence-electron chi connectivity index (χ4n) is 3.43. The number of carbonyl (C=O) groups is 2. The number of benzene rings is 2. The van der Waals surface area contributed by atoms with E-state index in [-0.39, 0.29) is 11.9 Å². The second-order valence-electron chi connectivity index (χ2n) is 6.39. The lowest BCUT2D eigenvalue weighted by atomic mass is 9.90. The molecule has 1 aliphatic rings. The van der Waals surface area contributed by atoms with Crippen LogP contribution in [0.3, 0.4) is 0 Å². The minimum atomic E-state index is -0.956. The first-order chi connectivity index (χ1) is 12.6. The van der Waals surface area contributed by atoms with E-state index < -0.39 is 12.0 Å². The summed E-state index contributed by atoms with van der Waals surface area (Å²) in [6.45, 7) is 0.518. The second kappa shape index (κ2) is 8.12. The van der Waals surface area contributed by atoms with Gasteiger partial charge >= 0.3 is 5.97 Å². The summed E-state index contributed by atoms with van der Waals surface area (Å²) < 4.78 is 0. The molecule has 1 amide bonds.